The first-order valence-electron chi connectivity index (χ1n) is 2.14. The summed E-state index contributed by atoms with van der Waals surface area (Å²) >= 11 is 37.9. The molecule has 0 aliphatic carbocycles. The maximum absolute atomic E-state index is 5.55. The van der Waals surface area contributed by atoms with Crippen LogP contribution in [0.25, 0.3) is 0 Å². The fourth-order valence-corrected chi connectivity index (χ4v) is 1.18. The van der Waals surface area contributed by atoms with Crippen LogP contribution in [0.1, 0.15) is 0 Å². The molecule has 0 saturated carbocycles. The van der Waals surface area contributed by atoms with E-state index in [9.17, 15) is 0 Å². The first-order valence-corrected chi connectivity index (χ1v) is 4.85. The van der Waals surface area contributed by atoms with Crippen molar-refractivity contribution in [2.75, 3.05) is 0 Å². The van der Waals surface area contributed by atoms with Crippen molar-refractivity contribution in [1.29, 1.82) is 0 Å². The highest BCUT2D eigenvalue weighted by Gasteiger charge is 2.48. The van der Waals surface area contributed by atoms with Gasteiger partial charge in [0, 0.05) is 5.54 Å². The Morgan fingerprint density at radius 2 is 1.36 bits per heavy atom. The summed E-state index contributed by atoms with van der Waals surface area (Å²) in [5, 5.41) is -0.150. The third kappa shape index (κ3) is 3.19. The van der Waals surface area contributed by atoms with E-state index in [1.54, 1.807) is 0 Å². The summed E-state index contributed by atoms with van der Waals surface area (Å²) in [4.78, 5) is 0. The van der Waals surface area contributed by atoms with Crippen molar-refractivity contribution in [2.45, 2.75) is 8.13 Å². The molecule has 0 nitrogen and oxygen atoms in total. The zero-order chi connectivity index (χ0) is 9.28. The number of halogens is 7. The van der Waals surface area contributed by atoms with Crippen molar-refractivity contribution in [3.63, 3.8) is 0 Å². The number of hydrogen-bond acceptors (Lipinski definition) is 0. The minimum Gasteiger partial charge on any atom is -0.0916 e. The lowest BCUT2D eigenvalue weighted by molar-refractivity contribution is 0.975. The Kier molecular flexibility index (Phi) is 5.02. The number of rotatable bonds is 1. The fourth-order valence-electron chi connectivity index (χ4n) is 0.204. The first-order chi connectivity index (χ1) is 4.73. The van der Waals surface area contributed by atoms with Crippen molar-refractivity contribution in [3.05, 3.63) is 10.6 Å². The molecule has 0 amide bonds. The van der Waals surface area contributed by atoms with Crippen molar-refractivity contribution in [2.24, 2.45) is 0 Å². The molecule has 0 fully saturated rings. The van der Waals surface area contributed by atoms with E-state index in [1.807, 2.05) is 0 Å². The highest BCUT2D eigenvalue weighted by Crippen LogP contribution is 2.51. The molecule has 0 aromatic rings. The van der Waals surface area contributed by atoms with Crippen molar-refractivity contribution < 1.29 is 0 Å². The van der Waals surface area contributed by atoms with Gasteiger partial charge in [-0.2, -0.15) is 0 Å². The lowest BCUT2D eigenvalue weighted by Gasteiger charge is -2.25. The van der Waals surface area contributed by atoms with E-state index in [-0.39, 0.29) is 5.03 Å². The van der Waals surface area contributed by atoms with E-state index in [0.717, 1.165) is 5.54 Å². The second-order valence-corrected chi connectivity index (χ2v) is 5.76. The van der Waals surface area contributed by atoms with E-state index >= 15 is 0 Å². The van der Waals surface area contributed by atoms with Gasteiger partial charge in [0.05, 0.1) is 5.03 Å². The summed E-state index contributed by atoms with van der Waals surface area (Å²) in [6, 6.07) is 0. The molecule has 0 N–H and O–H groups in total. The minimum atomic E-state index is -1.92. The van der Waals surface area contributed by atoms with Crippen LogP contribution in [0.5, 0.6) is 0 Å². The molecule has 0 aliphatic heterocycles. The van der Waals surface area contributed by atoms with Crippen LogP contribution in [0.4, 0.5) is 0 Å². The summed E-state index contributed by atoms with van der Waals surface area (Å²) in [5.74, 6) is 0. The Labute approximate surface area is 99.3 Å². The SMILES string of the molecule is ClC=C(Cl)C(Cl)(Cl)C(Cl)(Cl)Cl. The molecule has 0 aromatic heterocycles. The van der Waals surface area contributed by atoms with Crippen LogP contribution in [-0.4, -0.2) is 8.13 Å². The Balaban J connectivity index is 4.74. The standard InChI is InChI=1S/C4HCl7/c5-1-2(6)3(7,8)4(9,10)11/h1H. The molecule has 0 rings (SSSR count). The zero-order valence-electron chi connectivity index (χ0n) is 4.72. The van der Waals surface area contributed by atoms with Gasteiger partial charge >= 0.3 is 0 Å². The predicted molar refractivity (Wildman–Crippen MR) is 54.5 cm³/mol. The van der Waals surface area contributed by atoms with E-state index in [2.05, 4.69) is 0 Å². The molecule has 0 atom stereocenters. The van der Waals surface area contributed by atoms with Crippen LogP contribution in [0, 0.1) is 0 Å². The summed E-state index contributed by atoms with van der Waals surface area (Å²) < 4.78 is -3.74. The molecule has 66 valence electrons. The van der Waals surface area contributed by atoms with Crippen LogP contribution in [0.15, 0.2) is 10.6 Å². The van der Waals surface area contributed by atoms with E-state index in [1.165, 1.54) is 0 Å². The lowest BCUT2D eigenvalue weighted by atomic mass is 10.4. The van der Waals surface area contributed by atoms with Crippen LogP contribution in [0.3, 0.4) is 0 Å². The van der Waals surface area contributed by atoms with Gasteiger partial charge in [0.15, 0.2) is 0 Å². The molecule has 0 aromatic carbocycles. The monoisotopic (exact) mass is 294 g/mol. The summed E-state index contributed by atoms with van der Waals surface area (Å²) in [7, 11) is 0. The average Bonchev–Trinajstić information content (AvgIpc) is 1.83. The quantitative estimate of drug-likeness (QED) is 0.607. The van der Waals surface area contributed by atoms with Gasteiger partial charge in [-0.25, -0.2) is 0 Å². The molecule has 11 heavy (non-hydrogen) atoms. The van der Waals surface area contributed by atoms with E-state index in [0.29, 0.717) is 0 Å². The fraction of sp³-hybridized carbons (Fsp3) is 0.500. The topological polar surface area (TPSA) is 0 Å². The molecule has 0 spiro atoms. The Morgan fingerprint density at radius 1 is 1.00 bits per heavy atom. The molecule has 0 heterocycles. The summed E-state index contributed by atoms with van der Waals surface area (Å²) in [5.41, 5.74) is 0.934. The molecular formula is C4HCl7. The average molecular weight is 297 g/mol. The third-order valence-corrected chi connectivity index (χ3v) is 4.07. The molecule has 0 unspecified atom stereocenters. The van der Waals surface area contributed by atoms with Gasteiger partial charge < -0.3 is 0 Å². The van der Waals surface area contributed by atoms with Gasteiger partial charge in [0.1, 0.15) is 0 Å². The summed E-state index contributed by atoms with van der Waals surface area (Å²) in [6.45, 7) is 0. The molecule has 0 saturated heterocycles. The second kappa shape index (κ2) is 4.32. The van der Waals surface area contributed by atoms with Crippen LogP contribution < -0.4 is 0 Å². The molecule has 0 bridgehead atoms. The normalized spacial score (nSPS) is 15.4. The van der Waals surface area contributed by atoms with Gasteiger partial charge in [0.2, 0.25) is 8.13 Å². The van der Waals surface area contributed by atoms with Gasteiger partial charge in [-0.05, 0) is 0 Å². The Bertz CT molecular complexity index is 164. The zero-order valence-corrected chi connectivity index (χ0v) is 10.0. The van der Waals surface area contributed by atoms with Crippen LogP contribution in [0.2, 0.25) is 0 Å². The maximum atomic E-state index is 5.55. The predicted octanol–water partition coefficient (Wildman–Crippen LogP) is 4.85. The van der Waals surface area contributed by atoms with Gasteiger partial charge in [-0.1, -0.05) is 81.2 Å². The summed E-state index contributed by atoms with van der Waals surface area (Å²) in [6.07, 6.45) is 0. The van der Waals surface area contributed by atoms with Crippen molar-refractivity contribution in [3.8, 4) is 0 Å². The molecule has 0 radical (unpaired) electrons. The van der Waals surface area contributed by atoms with Crippen LogP contribution >= 0.6 is 81.2 Å². The second-order valence-electron chi connectivity index (χ2n) is 1.53. The molecular weight excluding hydrogens is 296 g/mol. The highest BCUT2D eigenvalue weighted by atomic mass is 35.6. The smallest absolute Gasteiger partial charge is 0.0916 e. The lowest BCUT2D eigenvalue weighted by Crippen LogP contribution is -2.31. The first kappa shape index (κ1) is 12.8. The minimum absolute atomic E-state index is 0.150. The number of alkyl halides is 5. The highest BCUT2D eigenvalue weighted by molar-refractivity contribution is 6.77. The van der Waals surface area contributed by atoms with Crippen molar-refractivity contribution in [1.82, 2.24) is 0 Å². The van der Waals surface area contributed by atoms with E-state index in [4.69, 9.17) is 81.2 Å². The Morgan fingerprint density at radius 3 is 1.45 bits per heavy atom. The van der Waals surface area contributed by atoms with Gasteiger partial charge in [0.25, 0.3) is 0 Å². The van der Waals surface area contributed by atoms with Crippen LogP contribution in [-0.2, 0) is 0 Å². The largest absolute Gasteiger partial charge is 0.228 e. The number of allylic oxidation sites excluding steroid dienone is 1. The molecule has 0 aliphatic rings. The van der Waals surface area contributed by atoms with Gasteiger partial charge in [-0.15, -0.1) is 0 Å². The van der Waals surface area contributed by atoms with Gasteiger partial charge in [-0.3, -0.25) is 0 Å². The molecule has 7 heteroatoms. The number of hydrogen-bond donors (Lipinski definition) is 0. The maximum Gasteiger partial charge on any atom is 0.228 e. The van der Waals surface area contributed by atoms with Crippen molar-refractivity contribution >= 4 is 81.2 Å². The van der Waals surface area contributed by atoms with E-state index < -0.39 is 8.13 Å². The Hall–Kier alpha value is 1.77. The third-order valence-electron chi connectivity index (χ3n) is 0.752.